The second-order valence-corrected chi connectivity index (χ2v) is 8.52. The Hall–Kier alpha value is -0.480. The minimum Gasteiger partial charge on any atom is -0.388 e. The van der Waals surface area contributed by atoms with Crippen LogP contribution < -0.4 is 0 Å². The zero-order chi connectivity index (χ0) is 22.7. The van der Waals surface area contributed by atoms with E-state index in [1.807, 2.05) is 6.92 Å². The lowest BCUT2D eigenvalue weighted by atomic mass is 10.2. The average molecular weight is 466 g/mol. The maximum atomic E-state index is 10.3. The molecule has 4 N–H and O–H groups in total. The molecule has 4 fully saturated rings. The van der Waals surface area contributed by atoms with Crippen molar-refractivity contribution in [2.45, 2.75) is 74.3 Å². The molecule has 0 bridgehead atoms. The first-order valence-corrected chi connectivity index (χ1v) is 11.1. The Morgan fingerprint density at radius 2 is 0.969 bits per heavy atom. The number of hydrogen-bond donors (Lipinski definition) is 4. The van der Waals surface area contributed by atoms with Gasteiger partial charge in [0, 0.05) is 0 Å². The molecule has 186 valence electrons. The molecule has 4 heterocycles. The van der Waals surface area contributed by atoms with Gasteiger partial charge in [0.25, 0.3) is 0 Å². The molecule has 12 heteroatoms. The van der Waals surface area contributed by atoms with Crippen molar-refractivity contribution in [2.75, 3.05) is 52.9 Å². The normalized spacial score (nSPS) is 34.8. The maximum absolute atomic E-state index is 10.3. The van der Waals surface area contributed by atoms with Gasteiger partial charge in [-0.25, -0.2) is 0 Å². The molecule has 9 atom stereocenters. The quantitative estimate of drug-likeness (QED) is 0.124. The fourth-order valence-corrected chi connectivity index (χ4v) is 3.23. The van der Waals surface area contributed by atoms with Gasteiger partial charge in [0.1, 0.15) is 54.9 Å². The van der Waals surface area contributed by atoms with Crippen molar-refractivity contribution in [3.63, 3.8) is 0 Å². The number of aliphatic hydroxyl groups excluding tert-OH is 4. The van der Waals surface area contributed by atoms with Gasteiger partial charge in [-0.3, -0.25) is 0 Å². The van der Waals surface area contributed by atoms with Crippen molar-refractivity contribution in [3.8, 4) is 0 Å². The Kier molecular flexibility index (Phi) is 8.35. The van der Waals surface area contributed by atoms with Crippen molar-refractivity contribution < 1.29 is 58.3 Å². The van der Waals surface area contributed by atoms with Gasteiger partial charge in [0.2, 0.25) is 0 Å². The lowest BCUT2D eigenvalue weighted by Crippen LogP contribution is -2.55. The largest absolute Gasteiger partial charge is 0.388 e. The predicted octanol–water partition coefficient (Wildman–Crippen LogP) is -2.48. The van der Waals surface area contributed by atoms with Crippen LogP contribution in [-0.2, 0) is 37.9 Å². The van der Waals surface area contributed by atoms with Crippen LogP contribution in [0.3, 0.4) is 0 Å². The molecule has 9 unspecified atom stereocenters. The number of epoxide rings is 4. The lowest BCUT2D eigenvalue weighted by Gasteiger charge is -2.40. The molecule has 4 saturated heterocycles. The average Bonchev–Trinajstić information content (AvgIpc) is 3.60. The van der Waals surface area contributed by atoms with E-state index in [1.54, 1.807) is 0 Å². The van der Waals surface area contributed by atoms with Crippen LogP contribution in [-0.4, -0.2) is 134 Å². The summed E-state index contributed by atoms with van der Waals surface area (Å²) in [5.74, 6) is -1.87. The van der Waals surface area contributed by atoms with E-state index in [1.165, 1.54) is 0 Å². The fraction of sp³-hybridized carbons (Fsp3) is 1.00. The second kappa shape index (κ2) is 10.8. The Morgan fingerprint density at radius 3 is 1.25 bits per heavy atom. The van der Waals surface area contributed by atoms with Crippen molar-refractivity contribution >= 4 is 0 Å². The molecule has 4 aliphatic rings. The number of hydrogen-bond acceptors (Lipinski definition) is 12. The van der Waals surface area contributed by atoms with Gasteiger partial charge in [-0.2, -0.15) is 0 Å². The molecule has 0 aliphatic carbocycles. The van der Waals surface area contributed by atoms with Crippen molar-refractivity contribution in [2.24, 2.45) is 0 Å². The first kappa shape index (κ1) is 24.6. The number of aliphatic hydroxyl groups is 4. The van der Waals surface area contributed by atoms with Gasteiger partial charge in [0.15, 0.2) is 0 Å². The Labute approximate surface area is 186 Å². The van der Waals surface area contributed by atoms with Crippen molar-refractivity contribution in [1.82, 2.24) is 0 Å². The van der Waals surface area contributed by atoms with Gasteiger partial charge in [0.05, 0.1) is 52.9 Å². The van der Waals surface area contributed by atoms with Gasteiger partial charge in [-0.1, -0.05) is 6.92 Å². The van der Waals surface area contributed by atoms with Crippen LogP contribution >= 0.6 is 0 Å². The van der Waals surface area contributed by atoms with Crippen LogP contribution in [0.2, 0.25) is 0 Å². The molecule has 32 heavy (non-hydrogen) atoms. The number of ether oxygens (including phenoxy) is 8. The SMILES string of the molecule is CCC(OCC(O)C1CO1)C(OCC(O)C1CO1)(OCC(O)C1CO1)OCC(O)C1CO1. The summed E-state index contributed by atoms with van der Waals surface area (Å²) in [7, 11) is 0. The molecule has 4 rings (SSSR count). The molecule has 4 aliphatic heterocycles. The van der Waals surface area contributed by atoms with Gasteiger partial charge in [-0.05, 0) is 6.42 Å². The van der Waals surface area contributed by atoms with E-state index < -0.39 is 36.5 Å². The van der Waals surface area contributed by atoms with E-state index in [-0.39, 0.29) is 50.8 Å². The highest BCUT2D eigenvalue weighted by Crippen LogP contribution is 2.30. The third-order valence-corrected chi connectivity index (χ3v) is 5.75. The molecule has 0 aromatic rings. The smallest absolute Gasteiger partial charge is 0.311 e. The lowest BCUT2D eigenvalue weighted by molar-refractivity contribution is -0.428. The zero-order valence-electron chi connectivity index (χ0n) is 18.1. The first-order chi connectivity index (χ1) is 15.4. The third-order valence-electron chi connectivity index (χ3n) is 5.75. The Balaban J connectivity index is 1.45. The minimum atomic E-state index is -1.87. The van der Waals surface area contributed by atoms with E-state index in [4.69, 9.17) is 37.9 Å². The number of rotatable bonds is 18. The molecule has 0 spiro atoms. The summed E-state index contributed by atoms with van der Waals surface area (Å²) >= 11 is 0. The monoisotopic (exact) mass is 466 g/mol. The van der Waals surface area contributed by atoms with E-state index in [0.717, 1.165) is 0 Å². The summed E-state index contributed by atoms with van der Waals surface area (Å²) in [6.45, 7) is 2.93. The van der Waals surface area contributed by atoms with Crippen molar-refractivity contribution in [1.29, 1.82) is 0 Å². The van der Waals surface area contributed by atoms with E-state index in [2.05, 4.69) is 0 Å². The highest BCUT2D eigenvalue weighted by molar-refractivity contribution is 4.85. The molecule has 0 amide bonds. The molecule has 0 saturated carbocycles. The molecule has 0 aromatic carbocycles. The van der Waals surface area contributed by atoms with Crippen molar-refractivity contribution in [3.05, 3.63) is 0 Å². The van der Waals surface area contributed by atoms with Crippen LogP contribution in [0.15, 0.2) is 0 Å². The Bertz CT molecular complexity index is 522. The third kappa shape index (κ3) is 7.01. The van der Waals surface area contributed by atoms with Gasteiger partial charge in [-0.15, -0.1) is 0 Å². The second-order valence-electron chi connectivity index (χ2n) is 8.52. The van der Waals surface area contributed by atoms with Crippen LogP contribution in [0, 0.1) is 0 Å². The van der Waals surface area contributed by atoms with E-state index in [0.29, 0.717) is 32.8 Å². The molecule has 12 nitrogen and oxygen atoms in total. The molecular formula is C20H34O12. The van der Waals surface area contributed by atoms with Crippen LogP contribution in [0.25, 0.3) is 0 Å². The summed E-state index contributed by atoms with van der Waals surface area (Å²) in [6, 6.07) is 0. The summed E-state index contributed by atoms with van der Waals surface area (Å²) in [5.41, 5.74) is 0. The predicted molar refractivity (Wildman–Crippen MR) is 104 cm³/mol. The fourth-order valence-electron chi connectivity index (χ4n) is 3.23. The highest BCUT2D eigenvalue weighted by atomic mass is 16.9. The van der Waals surface area contributed by atoms with Gasteiger partial charge < -0.3 is 58.3 Å². The molecule has 0 radical (unpaired) electrons. The van der Waals surface area contributed by atoms with E-state index >= 15 is 0 Å². The topological polar surface area (TPSA) is 168 Å². The van der Waals surface area contributed by atoms with Gasteiger partial charge >= 0.3 is 5.97 Å². The summed E-state index contributed by atoms with van der Waals surface area (Å²) in [4.78, 5) is 0. The zero-order valence-corrected chi connectivity index (χ0v) is 18.1. The minimum absolute atomic E-state index is 0.0577. The Morgan fingerprint density at radius 1 is 0.656 bits per heavy atom. The first-order valence-electron chi connectivity index (χ1n) is 11.1. The summed E-state index contributed by atoms with van der Waals surface area (Å²) in [5, 5.41) is 40.9. The molecular weight excluding hydrogens is 432 g/mol. The van der Waals surface area contributed by atoms with Crippen LogP contribution in [0.1, 0.15) is 13.3 Å². The summed E-state index contributed by atoms with van der Waals surface area (Å²) in [6.07, 6.45) is -5.38. The maximum Gasteiger partial charge on any atom is 0.311 e. The standard InChI is InChI=1S/C20H34O12/c1-2-19(29-3-11(21)15-7-25-15)20(30-4-12(22)16-8-26-16,31-5-13(23)17-9-27-17)32-6-14(24)18-10-28-18/h11-19,21-24H,2-10H2,1H3. The van der Waals surface area contributed by atoms with Crippen LogP contribution in [0.4, 0.5) is 0 Å². The molecule has 0 aromatic heterocycles. The summed E-state index contributed by atoms with van der Waals surface area (Å²) < 4.78 is 44.1. The van der Waals surface area contributed by atoms with Crippen LogP contribution in [0.5, 0.6) is 0 Å². The van der Waals surface area contributed by atoms with E-state index in [9.17, 15) is 20.4 Å². The highest BCUT2D eigenvalue weighted by Gasteiger charge is 2.48.